The monoisotopic (exact) mass is 419 g/mol. The lowest BCUT2D eigenvalue weighted by molar-refractivity contribution is 0.593. The first kappa shape index (κ1) is 21.1. The van der Waals surface area contributed by atoms with Gasteiger partial charge in [0.15, 0.2) is 0 Å². The summed E-state index contributed by atoms with van der Waals surface area (Å²) in [6.45, 7) is 6.22. The molecular weight excluding hydrogens is 394 g/mol. The third kappa shape index (κ3) is 4.33. The van der Waals surface area contributed by atoms with Gasteiger partial charge in [-0.05, 0) is 37.1 Å². The van der Waals surface area contributed by atoms with Gasteiger partial charge in [0.2, 0.25) is 5.88 Å². The van der Waals surface area contributed by atoms with E-state index in [0.717, 1.165) is 35.3 Å². The van der Waals surface area contributed by atoms with Gasteiger partial charge in [0, 0.05) is 36.1 Å². The van der Waals surface area contributed by atoms with Crippen LogP contribution in [0.1, 0.15) is 25.0 Å². The first-order chi connectivity index (χ1) is 15.7. The minimum atomic E-state index is 0.318. The van der Waals surface area contributed by atoms with Crippen molar-refractivity contribution in [2.75, 3.05) is 18.0 Å². The van der Waals surface area contributed by atoms with E-state index < -0.39 is 0 Å². The molecule has 0 aliphatic rings. The molecule has 0 aliphatic heterocycles. The number of rotatable bonds is 7. The maximum atomic E-state index is 9.98. The molecule has 0 saturated heterocycles. The van der Waals surface area contributed by atoms with Crippen molar-refractivity contribution < 1.29 is 4.42 Å². The summed E-state index contributed by atoms with van der Waals surface area (Å²) in [6.07, 6.45) is 1.75. The Bertz CT molecular complexity index is 1230. The predicted molar refractivity (Wildman–Crippen MR) is 132 cm³/mol. The lowest BCUT2D eigenvalue weighted by Gasteiger charge is -2.20. The number of hydrogen-bond donors (Lipinski definition) is 0. The van der Waals surface area contributed by atoms with Crippen LogP contribution < -0.4 is 4.90 Å². The van der Waals surface area contributed by atoms with E-state index in [1.165, 1.54) is 5.69 Å². The van der Waals surface area contributed by atoms with E-state index in [9.17, 15) is 5.26 Å². The van der Waals surface area contributed by atoms with Crippen molar-refractivity contribution in [3.8, 4) is 28.5 Å². The Hall–Kier alpha value is -4.10. The lowest BCUT2D eigenvalue weighted by Crippen LogP contribution is -2.21. The number of nitrogens with zero attached hydrogens (tertiary/aromatic N) is 3. The number of aliphatic imine (C=N–C) groups is 1. The van der Waals surface area contributed by atoms with Gasteiger partial charge in [-0.2, -0.15) is 5.26 Å². The van der Waals surface area contributed by atoms with Crippen LogP contribution in [0.5, 0.6) is 0 Å². The molecule has 4 aromatic rings. The number of hydrogen-bond acceptors (Lipinski definition) is 4. The summed E-state index contributed by atoms with van der Waals surface area (Å²) in [6, 6.07) is 30.2. The fraction of sp³-hybridized carbons (Fsp3) is 0.143. The number of nitriles is 1. The Morgan fingerprint density at radius 1 is 0.844 bits per heavy atom. The molecule has 0 aliphatic carbocycles. The summed E-state index contributed by atoms with van der Waals surface area (Å²) in [7, 11) is 0. The Morgan fingerprint density at radius 2 is 1.44 bits per heavy atom. The zero-order chi connectivity index (χ0) is 22.3. The van der Waals surface area contributed by atoms with E-state index in [1.54, 1.807) is 6.21 Å². The molecule has 3 aromatic carbocycles. The van der Waals surface area contributed by atoms with Crippen LogP contribution in [0.15, 0.2) is 94.3 Å². The van der Waals surface area contributed by atoms with Gasteiger partial charge in [-0.25, -0.2) is 4.99 Å². The SMILES string of the molecule is CCN(CC)c1ccc(/C=N/c2oc(-c3ccccc3)c(-c3ccccc3)c2C#N)cc1. The highest BCUT2D eigenvalue weighted by Gasteiger charge is 2.22. The first-order valence-corrected chi connectivity index (χ1v) is 10.8. The largest absolute Gasteiger partial charge is 0.436 e. The second-order valence-electron chi connectivity index (χ2n) is 7.35. The second-order valence-corrected chi connectivity index (χ2v) is 7.35. The minimum Gasteiger partial charge on any atom is -0.436 e. The average molecular weight is 420 g/mol. The maximum absolute atomic E-state index is 9.98. The van der Waals surface area contributed by atoms with Crippen molar-refractivity contribution in [3.63, 3.8) is 0 Å². The standard InChI is InChI=1S/C28H25N3O/c1-3-31(4-2)24-17-15-21(16-18-24)20-30-28-25(19-29)26(22-11-7-5-8-12-22)27(32-28)23-13-9-6-10-14-23/h5-18,20H,3-4H2,1-2H3/b30-20+. The number of furan rings is 1. The normalized spacial score (nSPS) is 10.9. The zero-order valence-electron chi connectivity index (χ0n) is 18.3. The van der Waals surface area contributed by atoms with Gasteiger partial charge < -0.3 is 9.32 Å². The van der Waals surface area contributed by atoms with Gasteiger partial charge in [-0.15, -0.1) is 0 Å². The van der Waals surface area contributed by atoms with Gasteiger partial charge in [-0.1, -0.05) is 72.8 Å². The Morgan fingerprint density at radius 3 is 2.00 bits per heavy atom. The van der Waals surface area contributed by atoms with Crippen LogP contribution >= 0.6 is 0 Å². The number of benzene rings is 3. The Labute approximate surface area is 189 Å². The van der Waals surface area contributed by atoms with Gasteiger partial charge in [0.1, 0.15) is 17.4 Å². The fourth-order valence-electron chi connectivity index (χ4n) is 3.78. The zero-order valence-corrected chi connectivity index (χ0v) is 18.3. The molecule has 0 unspecified atom stereocenters. The summed E-state index contributed by atoms with van der Waals surface area (Å²) in [5.41, 5.74) is 5.17. The maximum Gasteiger partial charge on any atom is 0.238 e. The second kappa shape index (κ2) is 9.80. The van der Waals surface area contributed by atoms with Crippen LogP contribution in [0.4, 0.5) is 11.6 Å². The highest BCUT2D eigenvalue weighted by molar-refractivity contribution is 5.90. The van der Waals surface area contributed by atoms with Crippen molar-refractivity contribution in [2.45, 2.75) is 13.8 Å². The third-order valence-electron chi connectivity index (χ3n) is 5.45. The molecule has 0 radical (unpaired) electrons. The summed E-state index contributed by atoms with van der Waals surface area (Å²) in [5.74, 6) is 0.968. The first-order valence-electron chi connectivity index (χ1n) is 10.8. The Balaban J connectivity index is 1.75. The summed E-state index contributed by atoms with van der Waals surface area (Å²) < 4.78 is 6.17. The van der Waals surface area contributed by atoms with Crippen molar-refractivity contribution in [2.24, 2.45) is 4.99 Å². The van der Waals surface area contributed by atoms with Gasteiger partial charge in [0.25, 0.3) is 0 Å². The molecular formula is C28H25N3O. The molecule has 4 rings (SSSR count). The van der Waals surface area contributed by atoms with Gasteiger partial charge >= 0.3 is 0 Å². The lowest BCUT2D eigenvalue weighted by atomic mass is 9.98. The molecule has 0 amide bonds. The van der Waals surface area contributed by atoms with Crippen molar-refractivity contribution in [1.29, 1.82) is 5.26 Å². The summed E-state index contributed by atoms with van der Waals surface area (Å²) >= 11 is 0. The molecule has 1 heterocycles. The van der Waals surface area contributed by atoms with Gasteiger partial charge in [0.05, 0.1) is 0 Å². The van der Waals surface area contributed by atoms with E-state index in [-0.39, 0.29) is 0 Å². The van der Waals surface area contributed by atoms with Crippen LogP contribution in [-0.2, 0) is 0 Å². The quantitative estimate of drug-likeness (QED) is 0.301. The van der Waals surface area contributed by atoms with E-state index in [2.05, 4.69) is 41.9 Å². The highest BCUT2D eigenvalue weighted by atomic mass is 16.4. The predicted octanol–water partition coefficient (Wildman–Crippen LogP) is 7.08. The van der Waals surface area contributed by atoms with E-state index in [4.69, 9.17) is 4.42 Å². The summed E-state index contributed by atoms with van der Waals surface area (Å²) in [4.78, 5) is 6.86. The topological polar surface area (TPSA) is 52.5 Å². The van der Waals surface area contributed by atoms with E-state index in [1.807, 2.05) is 72.8 Å². The molecule has 0 fully saturated rings. The molecule has 4 nitrogen and oxygen atoms in total. The van der Waals surface area contributed by atoms with E-state index >= 15 is 0 Å². The van der Waals surface area contributed by atoms with E-state index in [0.29, 0.717) is 17.2 Å². The molecule has 0 bridgehead atoms. The molecule has 0 N–H and O–H groups in total. The third-order valence-corrected chi connectivity index (χ3v) is 5.45. The molecule has 0 spiro atoms. The summed E-state index contributed by atoms with van der Waals surface area (Å²) in [5, 5.41) is 9.98. The van der Waals surface area contributed by atoms with Crippen LogP contribution in [0.2, 0.25) is 0 Å². The fourth-order valence-corrected chi connectivity index (χ4v) is 3.78. The van der Waals surface area contributed by atoms with Crippen molar-refractivity contribution >= 4 is 17.8 Å². The van der Waals surface area contributed by atoms with Crippen LogP contribution in [-0.4, -0.2) is 19.3 Å². The molecule has 0 saturated carbocycles. The number of anilines is 1. The van der Waals surface area contributed by atoms with Crippen LogP contribution in [0, 0.1) is 11.3 Å². The Kier molecular flexibility index (Phi) is 6.48. The van der Waals surface area contributed by atoms with Crippen LogP contribution in [0.3, 0.4) is 0 Å². The minimum absolute atomic E-state index is 0.318. The molecule has 1 aromatic heterocycles. The average Bonchev–Trinajstić information content (AvgIpc) is 3.24. The molecule has 0 atom stereocenters. The van der Waals surface area contributed by atoms with Gasteiger partial charge in [-0.3, -0.25) is 0 Å². The molecule has 4 heteroatoms. The smallest absolute Gasteiger partial charge is 0.238 e. The highest BCUT2D eigenvalue weighted by Crippen LogP contribution is 2.42. The van der Waals surface area contributed by atoms with Crippen LogP contribution in [0.25, 0.3) is 22.5 Å². The molecule has 158 valence electrons. The van der Waals surface area contributed by atoms with Crippen molar-refractivity contribution in [1.82, 2.24) is 0 Å². The van der Waals surface area contributed by atoms with Crippen molar-refractivity contribution in [3.05, 3.63) is 96.1 Å². The molecule has 32 heavy (non-hydrogen) atoms.